The Morgan fingerprint density at radius 1 is 0.962 bits per heavy atom. The van der Waals surface area contributed by atoms with Gasteiger partial charge in [-0.3, -0.25) is 14.8 Å². The minimum absolute atomic E-state index is 0.0673. The summed E-state index contributed by atoms with van der Waals surface area (Å²) in [6.07, 6.45) is 6.77. The molecule has 1 aliphatic rings. The first-order valence-electron chi connectivity index (χ1n) is 8.46. The number of carbonyl (C=O) groups is 2. The predicted molar refractivity (Wildman–Crippen MR) is 101 cm³/mol. The maximum absolute atomic E-state index is 12.6. The molecule has 0 radical (unpaired) electrons. The van der Waals surface area contributed by atoms with Crippen LogP contribution in [0.25, 0.3) is 17.7 Å². The molecule has 3 rings (SSSR count). The molecule has 5 heteroatoms. The molecule has 0 unspecified atom stereocenters. The molecule has 0 saturated heterocycles. The van der Waals surface area contributed by atoms with Gasteiger partial charge in [0.15, 0.2) is 0 Å². The van der Waals surface area contributed by atoms with E-state index in [1.54, 1.807) is 11.6 Å². The molecule has 0 heterocycles. The third-order valence-corrected chi connectivity index (χ3v) is 4.03. The third kappa shape index (κ3) is 4.91. The van der Waals surface area contributed by atoms with Crippen LogP contribution in [0, 0.1) is 0 Å². The van der Waals surface area contributed by atoms with E-state index in [0.29, 0.717) is 11.6 Å². The SMILES string of the molecule is O=C(/C=C/c1ccc(C=C(C(=O)NC2CC2)c2ccccc2)cc1)NO. The zero-order chi connectivity index (χ0) is 18.4. The second-order valence-electron chi connectivity index (χ2n) is 6.15. The van der Waals surface area contributed by atoms with Crippen LogP contribution in [-0.4, -0.2) is 23.1 Å². The van der Waals surface area contributed by atoms with E-state index < -0.39 is 5.91 Å². The van der Waals surface area contributed by atoms with Gasteiger partial charge in [-0.2, -0.15) is 0 Å². The molecule has 0 aromatic heterocycles. The molecule has 132 valence electrons. The van der Waals surface area contributed by atoms with Gasteiger partial charge in [-0.1, -0.05) is 54.6 Å². The fourth-order valence-electron chi connectivity index (χ4n) is 2.47. The smallest absolute Gasteiger partial charge is 0.267 e. The van der Waals surface area contributed by atoms with E-state index in [1.165, 1.54) is 6.08 Å². The van der Waals surface area contributed by atoms with Crippen LogP contribution in [0.15, 0.2) is 60.7 Å². The van der Waals surface area contributed by atoms with Crippen molar-refractivity contribution in [2.24, 2.45) is 0 Å². The largest absolute Gasteiger partial charge is 0.349 e. The standard InChI is InChI=1S/C21H20N2O3/c24-20(23-26)13-10-15-6-8-16(9-7-15)14-19(17-4-2-1-3-5-17)21(25)22-18-11-12-18/h1-10,13-14,18,26H,11-12H2,(H,22,25)(H,23,24)/b13-10+,19-14?. The lowest BCUT2D eigenvalue weighted by Crippen LogP contribution is -2.26. The molecule has 2 aromatic rings. The van der Waals surface area contributed by atoms with Gasteiger partial charge >= 0.3 is 0 Å². The molecule has 0 bridgehead atoms. The van der Waals surface area contributed by atoms with Gasteiger partial charge in [-0.15, -0.1) is 0 Å². The van der Waals surface area contributed by atoms with E-state index in [9.17, 15) is 9.59 Å². The zero-order valence-corrected chi connectivity index (χ0v) is 14.2. The molecule has 1 aliphatic carbocycles. The van der Waals surface area contributed by atoms with E-state index in [0.717, 1.165) is 29.5 Å². The lowest BCUT2D eigenvalue weighted by molar-refractivity contribution is -0.124. The van der Waals surface area contributed by atoms with E-state index in [4.69, 9.17) is 5.21 Å². The summed E-state index contributed by atoms with van der Waals surface area (Å²) in [5.41, 5.74) is 4.74. The Hall–Kier alpha value is -3.18. The van der Waals surface area contributed by atoms with E-state index in [-0.39, 0.29) is 5.91 Å². The molecule has 3 N–H and O–H groups in total. The highest BCUT2D eigenvalue weighted by atomic mass is 16.5. The molecule has 5 nitrogen and oxygen atoms in total. The Labute approximate surface area is 152 Å². The lowest BCUT2D eigenvalue weighted by atomic mass is 10.0. The molecular weight excluding hydrogens is 328 g/mol. The highest BCUT2D eigenvalue weighted by molar-refractivity contribution is 6.24. The van der Waals surface area contributed by atoms with Crippen molar-refractivity contribution in [1.82, 2.24) is 10.8 Å². The molecular formula is C21H20N2O3. The third-order valence-electron chi connectivity index (χ3n) is 4.03. The summed E-state index contributed by atoms with van der Waals surface area (Å²) in [5, 5.41) is 11.5. The molecule has 0 atom stereocenters. The van der Waals surface area contributed by atoms with Crippen molar-refractivity contribution in [3.05, 3.63) is 77.4 Å². The summed E-state index contributed by atoms with van der Waals surface area (Å²) in [4.78, 5) is 23.6. The summed E-state index contributed by atoms with van der Waals surface area (Å²) >= 11 is 0. The monoisotopic (exact) mass is 348 g/mol. The van der Waals surface area contributed by atoms with Crippen LogP contribution in [0.3, 0.4) is 0 Å². The maximum Gasteiger partial charge on any atom is 0.267 e. The number of nitrogens with one attached hydrogen (secondary N) is 2. The average molecular weight is 348 g/mol. The molecule has 2 aromatic carbocycles. The van der Waals surface area contributed by atoms with Crippen LogP contribution >= 0.6 is 0 Å². The van der Waals surface area contributed by atoms with Gasteiger partial charge in [0.2, 0.25) is 0 Å². The molecule has 0 spiro atoms. The summed E-state index contributed by atoms with van der Waals surface area (Å²) in [6.45, 7) is 0. The summed E-state index contributed by atoms with van der Waals surface area (Å²) in [5.74, 6) is -0.653. The van der Waals surface area contributed by atoms with E-state index >= 15 is 0 Å². The Bertz CT molecular complexity index is 835. The number of amides is 2. The molecule has 1 saturated carbocycles. The zero-order valence-electron chi connectivity index (χ0n) is 14.2. The quantitative estimate of drug-likeness (QED) is 0.325. The van der Waals surface area contributed by atoms with Gasteiger partial charge in [0.05, 0.1) is 0 Å². The van der Waals surface area contributed by atoms with E-state index in [2.05, 4.69) is 5.32 Å². The first-order valence-corrected chi connectivity index (χ1v) is 8.46. The van der Waals surface area contributed by atoms with Gasteiger partial charge in [0.1, 0.15) is 0 Å². The first kappa shape index (κ1) is 17.6. The molecule has 1 fully saturated rings. The van der Waals surface area contributed by atoms with Gasteiger partial charge in [-0.25, -0.2) is 5.48 Å². The maximum atomic E-state index is 12.6. The van der Waals surface area contributed by atoms with Crippen LogP contribution in [-0.2, 0) is 9.59 Å². The van der Waals surface area contributed by atoms with Gasteiger partial charge in [0, 0.05) is 17.7 Å². The van der Waals surface area contributed by atoms with Crippen molar-refractivity contribution in [3.63, 3.8) is 0 Å². The van der Waals surface area contributed by atoms with Gasteiger partial charge < -0.3 is 5.32 Å². The summed E-state index contributed by atoms with van der Waals surface area (Å²) < 4.78 is 0. The number of carbonyl (C=O) groups excluding carboxylic acids is 2. The van der Waals surface area contributed by atoms with Crippen LogP contribution in [0.5, 0.6) is 0 Å². The number of hydroxylamine groups is 1. The van der Waals surface area contributed by atoms with Crippen molar-refractivity contribution in [2.45, 2.75) is 18.9 Å². The molecule has 0 aliphatic heterocycles. The summed E-state index contributed by atoms with van der Waals surface area (Å²) in [7, 11) is 0. The first-order chi connectivity index (χ1) is 12.7. The fourth-order valence-corrected chi connectivity index (χ4v) is 2.47. The lowest BCUT2D eigenvalue weighted by Gasteiger charge is -2.09. The molecule has 26 heavy (non-hydrogen) atoms. The fraction of sp³-hybridized carbons (Fsp3) is 0.143. The number of benzene rings is 2. The van der Waals surface area contributed by atoms with Crippen molar-refractivity contribution in [1.29, 1.82) is 0 Å². The second kappa shape index (κ2) is 8.27. The van der Waals surface area contributed by atoms with Crippen molar-refractivity contribution in [2.75, 3.05) is 0 Å². The molecule has 2 amide bonds. The van der Waals surface area contributed by atoms with Crippen LogP contribution in [0.2, 0.25) is 0 Å². The van der Waals surface area contributed by atoms with Gasteiger partial charge in [0.25, 0.3) is 11.8 Å². The highest BCUT2D eigenvalue weighted by Gasteiger charge is 2.25. The Balaban J connectivity index is 1.83. The minimum Gasteiger partial charge on any atom is -0.349 e. The van der Waals surface area contributed by atoms with Crippen molar-refractivity contribution >= 4 is 29.5 Å². The number of hydrogen-bond acceptors (Lipinski definition) is 3. The van der Waals surface area contributed by atoms with Crippen LogP contribution in [0.4, 0.5) is 0 Å². The Kier molecular flexibility index (Phi) is 5.61. The van der Waals surface area contributed by atoms with E-state index in [1.807, 2.05) is 60.7 Å². The number of rotatable bonds is 6. The summed E-state index contributed by atoms with van der Waals surface area (Å²) in [6, 6.07) is 17.3. The predicted octanol–water partition coefficient (Wildman–Crippen LogP) is 3.02. The van der Waals surface area contributed by atoms with Crippen molar-refractivity contribution in [3.8, 4) is 0 Å². The Morgan fingerprint density at radius 3 is 2.23 bits per heavy atom. The Morgan fingerprint density at radius 2 is 1.62 bits per heavy atom. The van der Waals surface area contributed by atoms with Crippen molar-refractivity contribution < 1.29 is 14.8 Å². The van der Waals surface area contributed by atoms with Crippen LogP contribution < -0.4 is 10.8 Å². The number of hydrogen-bond donors (Lipinski definition) is 3. The highest BCUT2D eigenvalue weighted by Crippen LogP contribution is 2.23. The second-order valence-corrected chi connectivity index (χ2v) is 6.15. The normalized spacial score (nSPS) is 14.3. The topological polar surface area (TPSA) is 78.4 Å². The average Bonchev–Trinajstić information content (AvgIpc) is 3.49. The minimum atomic E-state index is -0.586. The van der Waals surface area contributed by atoms with Crippen LogP contribution in [0.1, 0.15) is 29.5 Å². The van der Waals surface area contributed by atoms with Gasteiger partial charge in [-0.05, 0) is 41.7 Å².